The number of carbonyl (C=O) groups excluding carboxylic acids is 1. The van der Waals surface area contributed by atoms with Gasteiger partial charge in [-0.2, -0.15) is 5.10 Å². The predicted octanol–water partition coefficient (Wildman–Crippen LogP) is 3.37. The number of rotatable bonds is 5. The van der Waals surface area contributed by atoms with Crippen LogP contribution < -0.4 is 10.1 Å². The van der Waals surface area contributed by atoms with Crippen LogP contribution in [0, 0.1) is 0 Å². The van der Waals surface area contributed by atoms with E-state index in [1.165, 1.54) is 24.3 Å². The second kappa shape index (κ2) is 7.59. The highest BCUT2D eigenvalue weighted by Gasteiger charge is 2.07. The summed E-state index contributed by atoms with van der Waals surface area (Å²) in [5.74, 6) is -0.374. The lowest BCUT2D eigenvalue weighted by Crippen LogP contribution is -2.19. The van der Waals surface area contributed by atoms with Gasteiger partial charge in [-0.15, -0.1) is 0 Å². The van der Waals surface area contributed by atoms with Gasteiger partial charge in [0.15, 0.2) is 0 Å². The molecule has 0 spiro atoms. The molecule has 27 heavy (non-hydrogen) atoms. The Labute approximate surface area is 158 Å². The number of benzene rings is 3. The van der Waals surface area contributed by atoms with Crippen molar-refractivity contribution < 1.29 is 13.2 Å². The summed E-state index contributed by atoms with van der Waals surface area (Å²) in [6.45, 7) is 1.82. The standard InChI is InChI=1S/C20H19N3O3S/c1-14(17-8-7-15-5-3-4-6-18(15)13-17)21-22-20(24)16-9-11-19(12-10-16)23-27(2,25)26/h3-13,23H,1-2H3,(H,22,24)/b21-14+. The third-order valence-corrected chi connectivity index (χ3v) is 4.55. The van der Waals surface area contributed by atoms with Gasteiger partial charge >= 0.3 is 0 Å². The summed E-state index contributed by atoms with van der Waals surface area (Å²) in [5, 5.41) is 6.41. The van der Waals surface area contributed by atoms with Crippen LogP contribution in [0.25, 0.3) is 10.8 Å². The van der Waals surface area contributed by atoms with E-state index in [2.05, 4.69) is 15.2 Å². The van der Waals surface area contributed by atoms with E-state index in [1.807, 2.05) is 49.4 Å². The minimum absolute atomic E-state index is 0.374. The van der Waals surface area contributed by atoms with E-state index in [0.717, 1.165) is 22.6 Å². The Morgan fingerprint density at radius 1 is 0.889 bits per heavy atom. The van der Waals surface area contributed by atoms with Gasteiger partial charge in [-0.1, -0.05) is 36.4 Å². The zero-order valence-corrected chi connectivity index (χ0v) is 15.7. The number of hydrogen-bond donors (Lipinski definition) is 2. The van der Waals surface area contributed by atoms with Gasteiger partial charge in [0.2, 0.25) is 10.0 Å². The molecule has 7 heteroatoms. The molecule has 0 saturated heterocycles. The highest BCUT2D eigenvalue weighted by Crippen LogP contribution is 2.16. The monoisotopic (exact) mass is 381 g/mol. The second-order valence-corrected chi connectivity index (χ2v) is 7.90. The largest absolute Gasteiger partial charge is 0.284 e. The molecule has 2 N–H and O–H groups in total. The van der Waals surface area contributed by atoms with Gasteiger partial charge in [0.05, 0.1) is 12.0 Å². The first kappa shape index (κ1) is 18.6. The zero-order valence-electron chi connectivity index (χ0n) is 14.9. The molecule has 3 aromatic rings. The van der Waals surface area contributed by atoms with Crippen molar-refractivity contribution in [2.45, 2.75) is 6.92 Å². The third-order valence-electron chi connectivity index (χ3n) is 3.94. The summed E-state index contributed by atoms with van der Waals surface area (Å²) in [4.78, 5) is 12.2. The topological polar surface area (TPSA) is 87.6 Å². The van der Waals surface area contributed by atoms with Crippen molar-refractivity contribution in [1.82, 2.24) is 5.43 Å². The second-order valence-electron chi connectivity index (χ2n) is 6.15. The Morgan fingerprint density at radius 3 is 2.19 bits per heavy atom. The maximum atomic E-state index is 12.2. The highest BCUT2D eigenvalue weighted by molar-refractivity contribution is 7.92. The first-order valence-corrected chi connectivity index (χ1v) is 10.1. The number of amides is 1. The lowest BCUT2D eigenvalue weighted by molar-refractivity contribution is 0.0955. The fraction of sp³-hybridized carbons (Fsp3) is 0.100. The Hall–Kier alpha value is -3.19. The molecule has 0 radical (unpaired) electrons. The third kappa shape index (κ3) is 4.92. The van der Waals surface area contributed by atoms with Gasteiger partial charge in [-0.05, 0) is 53.6 Å². The summed E-state index contributed by atoms with van der Waals surface area (Å²) in [6.07, 6.45) is 1.07. The van der Waals surface area contributed by atoms with Crippen LogP contribution in [-0.2, 0) is 10.0 Å². The number of hydrogen-bond acceptors (Lipinski definition) is 4. The van der Waals surface area contributed by atoms with E-state index in [4.69, 9.17) is 0 Å². The Kier molecular flexibility index (Phi) is 5.23. The van der Waals surface area contributed by atoms with Crippen LogP contribution in [0.4, 0.5) is 5.69 Å². The minimum Gasteiger partial charge on any atom is -0.284 e. The van der Waals surface area contributed by atoms with Gasteiger partial charge in [-0.3, -0.25) is 9.52 Å². The number of carbonyl (C=O) groups is 1. The van der Waals surface area contributed by atoms with Gasteiger partial charge in [0, 0.05) is 11.3 Å². The van der Waals surface area contributed by atoms with E-state index in [-0.39, 0.29) is 5.91 Å². The van der Waals surface area contributed by atoms with Crippen LogP contribution in [0.15, 0.2) is 71.8 Å². The van der Waals surface area contributed by atoms with Crippen molar-refractivity contribution >= 4 is 38.1 Å². The molecule has 0 atom stereocenters. The van der Waals surface area contributed by atoms with E-state index >= 15 is 0 Å². The smallest absolute Gasteiger partial charge is 0.271 e. The molecular weight excluding hydrogens is 362 g/mol. The molecule has 0 aliphatic heterocycles. The number of nitrogens with one attached hydrogen (secondary N) is 2. The maximum Gasteiger partial charge on any atom is 0.271 e. The Morgan fingerprint density at radius 2 is 1.52 bits per heavy atom. The van der Waals surface area contributed by atoms with Gasteiger partial charge < -0.3 is 0 Å². The summed E-state index contributed by atoms with van der Waals surface area (Å²) in [5.41, 5.74) is 4.90. The van der Waals surface area contributed by atoms with Gasteiger partial charge in [0.25, 0.3) is 5.91 Å². The lowest BCUT2D eigenvalue weighted by Gasteiger charge is -2.06. The molecule has 138 valence electrons. The fourth-order valence-electron chi connectivity index (χ4n) is 2.58. The highest BCUT2D eigenvalue weighted by atomic mass is 32.2. The first-order valence-electron chi connectivity index (χ1n) is 8.23. The van der Waals surface area contributed by atoms with Crippen LogP contribution in [0.2, 0.25) is 0 Å². The van der Waals surface area contributed by atoms with E-state index in [9.17, 15) is 13.2 Å². The van der Waals surface area contributed by atoms with Crippen LogP contribution in [-0.4, -0.2) is 26.3 Å². The van der Waals surface area contributed by atoms with Crippen molar-refractivity contribution in [1.29, 1.82) is 0 Å². The van der Waals surface area contributed by atoms with Crippen molar-refractivity contribution in [2.24, 2.45) is 5.10 Å². The summed E-state index contributed by atoms with van der Waals surface area (Å²) < 4.78 is 24.8. The Balaban J connectivity index is 1.71. The molecule has 0 fully saturated rings. The van der Waals surface area contributed by atoms with Gasteiger partial charge in [0.1, 0.15) is 0 Å². The predicted molar refractivity (Wildman–Crippen MR) is 109 cm³/mol. The molecule has 0 aliphatic rings. The van der Waals surface area contributed by atoms with E-state index in [1.54, 1.807) is 0 Å². The molecule has 1 amide bonds. The molecule has 0 saturated carbocycles. The van der Waals surface area contributed by atoms with E-state index in [0.29, 0.717) is 17.0 Å². The summed E-state index contributed by atoms with van der Waals surface area (Å²) >= 11 is 0. The molecule has 6 nitrogen and oxygen atoms in total. The van der Waals surface area contributed by atoms with Crippen molar-refractivity contribution in [2.75, 3.05) is 11.0 Å². The SMILES string of the molecule is C/C(=N\NC(=O)c1ccc(NS(C)(=O)=O)cc1)c1ccc2ccccc2c1. The van der Waals surface area contributed by atoms with Crippen LogP contribution >= 0.6 is 0 Å². The zero-order chi connectivity index (χ0) is 19.4. The van der Waals surface area contributed by atoms with Crippen molar-refractivity contribution in [3.05, 3.63) is 77.9 Å². The van der Waals surface area contributed by atoms with E-state index < -0.39 is 10.0 Å². The molecular formula is C20H19N3O3S. The fourth-order valence-corrected chi connectivity index (χ4v) is 3.15. The number of fused-ring (bicyclic) bond motifs is 1. The molecule has 3 aromatic carbocycles. The first-order chi connectivity index (χ1) is 12.8. The number of nitrogens with zero attached hydrogens (tertiary/aromatic N) is 1. The maximum absolute atomic E-state index is 12.2. The quantitative estimate of drug-likeness (QED) is 0.525. The van der Waals surface area contributed by atoms with Crippen molar-refractivity contribution in [3.63, 3.8) is 0 Å². The van der Waals surface area contributed by atoms with Crippen LogP contribution in [0.3, 0.4) is 0 Å². The molecule has 0 aromatic heterocycles. The average Bonchev–Trinajstić information content (AvgIpc) is 2.64. The molecule has 3 rings (SSSR count). The van der Waals surface area contributed by atoms with Gasteiger partial charge in [-0.25, -0.2) is 13.8 Å². The lowest BCUT2D eigenvalue weighted by atomic mass is 10.0. The number of hydrazone groups is 1. The normalized spacial score (nSPS) is 12.0. The Bertz CT molecular complexity index is 1120. The minimum atomic E-state index is -3.35. The van der Waals surface area contributed by atoms with Crippen molar-refractivity contribution in [3.8, 4) is 0 Å². The van der Waals surface area contributed by atoms with Crippen LogP contribution in [0.5, 0.6) is 0 Å². The van der Waals surface area contributed by atoms with Crippen LogP contribution in [0.1, 0.15) is 22.8 Å². The molecule has 0 heterocycles. The number of sulfonamides is 1. The average molecular weight is 381 g/mol. The summed E-state index contributed by atoms with van der Waals surface area (Å²) in [7, 11) is -3.35. The molecule has 0 unspecified atom stereocenters. The summed E-state index contributed by atoms with van der Waals surface area (Å²) in [6, 6.07) is 20.1. The molecule has 0 aliphatic carbocycles. The molecule has 0 bridgehead atoms. The number of anilines is 1.